The molecule has 282 valence electrons. The van der Waals surface area contributed by atoms with E-state index in [-0.39, 0.29) is 21.6 Å². The smallest absolute Gasteiger partial charge is 0.192 e. The molecule has 0 aliphatic heterocycles. The molecule has 2 aromatic carbocycles. The molecule has 3 aliphatic carbocycles. The molecular weight excluding hydrogens is 676 g/mol. The third-order valence-corrected chi connectivity index (χ3v) is 25.9. The zero-order valence-corrected chi connectivity index (χ0v) is 37.0. The second-order valence-electron chi connectivity index (χ2n) is 19.9. The molecule has 0 radical (unpaired) electrons. The fourth-order valence-corrected chi connectivity index (χ4v) is 15.1. The lowest BCUT2D eigenvalue weighted by Crippen LogP contribution is -2.46. The van der Waals surface area contributed by atoms with Gasteiger partial charge in [0.15, 0.2) is 16.6 Å². The van der Waals surface area contributed by atoms with Crippen LogP contribution >= 0.6 is 7.14 Å². The van der Waals surface area contributed by atoms with Crippen LogP contribution in [0.25, 0.3) is 0 Å². The molecule has 3 nitrogen and oxygen atoms in total. The average Bonchev–Trinajstić information content (AvgIpc) is 3.40. The van der Waals surface area contributed by atoms with E-state index in [1.165, 1.54) is 37.7 Å². The second kappa shape index (κ2) is 15.3. The molecule has 0 heterocycles. The van der Waals surface area contributed by atoms with Gasteiger partial charge >= 0.3 is 0 Å². The molecule has 2 aromatic rings. The Morgan fingerprint density at radius 3 is 2.06 bits per heavy atom. The zero-order chi connectivity index (χ0) is 37.5. The van der Waals surface area contributed by atoms with Crippen LogP contribution in [0.4, 0.5) is 0 Å². The summed E-state index contributed by atoms with van der Waals surface area (Å²) in [6.45, 7) is 25.6. The zero-order valence-electron chi connectivity index (χ0n) is 34.1. The number of allylic oxidation sites excluding steroid dienone is 3. The van der Waals surface area contributed by atoms with Crippen LogP contribution in [0.1, 0.15) is 106 Å². The van der Waals surface area contributed by atoms with E-state index in [1.807, 2.05) is 36.4 Å². The van der Waals surface area contributed by atoms with Gasteiger partial charge in [-0.1, -0.05) is 132 Å². The summed E-state index contributed by atoms with van der Waals surface area (Å²) < 4.78 is 22.2. The summed E-state index contributed by atoms with van der Waals surface area (Å²) in [5.74, 6) is 2.07. The maximum atomic E-state index is 15.1. The molecule has 3 aliphatic rings. The highest BCUT2D eigenvalue weighted by molar-refractivity contribution is 7.78. The second-order valence-corrected chi connectivity index (χ2v) is 32.0. The molecule has 6 heteroatoms. The van der Waals surface area contributed by atoms with E-state index in [0.717, 1.165) is 42.5 Å². The molecular formula is C45H71O3PSi2. The van der Waals surface area contributed by atoms with Crippen molar-refractivity contribution in [2.24, 2.45) is 29.1 Å². The topological polar surface area (TPSA) is 46.5 Å². The molecule has 0 amide bonds. The Balaban J connectivity index is 1.38. The van der Waals surface area contributed by atoms with Crippen molar-refractivity contribution in [3.63, 3.8) is 0 Å². The third kappa shape index (κ3) is 8.91. The van der Waals surface area contributed by atoms with Gasteiger partial charge in [0.2, 0.25) is 0 Å². The number of benzene rings is 2. The van der Waals surface area contributed by atoms with Crippen LogP contribution in [0, 0.1) is 29.1 Å². The van der Waals surface area contributed by atoms with Crippen molar-refractivity contribution in [2.45, 2.75) is 149 Å². The minimum atomic E-state index is -2.77. The molecule has 5 rings (SSSR count). The van der Waals surface area contributed by atoms with Gasteiger partial charge in [0.1, 0.15) is 7.14 Å². The number of fused-ring (bicyclic) bond motifs is 1. The highest BCUT2D eigenvalue weighted by Gasteiger charge is 2.52. The fraction of sp³-hybridized carbons (Fsp3) is 0.644. The van der Waals surface area contributed by atoms with Gasteiger partial charge in [-0.25, -0.2) is 0 Å². The van der Waals surface area contributed by atoms with E-state index in [9.17, 15) is 4.80 Å². The summed E-state index contributed by atoms with van der Waals surface area (Å²) >= 11 is 0. The molecule has 51 heavy (non-hydrogen) atoms. The number of hydrogen-bond acceptors (Lipinski definition) is 3. The van der Waals surface area contributed by atoms with E-state index in [2.05, 4.69) is 111 Å². The molecule has 2 unspecified atom stereocenters. The minimum Gasteiger partial charge on any atom is -0.432 e. The van der Waals surface area contributed by atoms with Gasteiger partial charge in [0.05, 0.1) is 0 Å². The first-order valence-corrected chi connectivity index (χ1v) is 27.9. The lowest BCUT2D eigenvalue weighted by molar-refractivity contribution is 0.105. The van der Waals surface area contributed by atoms with Crippen molar-refractivity contribution in [2.75, 3.05) is 6.16 Å². The summed E-state index contributed by atoms with van der Waals surface area (Å²) in [5, 5.41) is 2.14. The van der Waals surface area contributed by atoms with Gasteiger partial charge in [0, 0.05) is 22.9 Å². The first-order chi connectivity index (χ1) is 23.7. The average molecular weight is 747 g/mol. The molecule has 0 saturated heterocycles. The van der Waals surface area contributed by atoms with Crippen molar-refractivity contribution < 1.29 is 13.8 Å². The van der Waals surface area contributed by atoms with Crippen molar-refractivity contribution in [1.82, 2.24) is 0 Å². The van der Waals surface area contributed by atoms with E-state index >= 15 is 4.57 Å². The fourth-order valence-electron chi connectivity index (χ4n) is 9.90. The standard InChI is InChI=1S/C45H71O3PSi2/c1-34(33-49(46,39-20-14-12-15-21-39)40-22-16-13-17-23-40)41-26-27-42-37(19-18-28-45(41,42)7)25-24-35-29-36(32-44(5,6)50(8,9)47)31-38(30-35)48-51(10,11)43(2,3)4/h12-17,20-25,34,36,38,41-42,47H,18-19,26-33H2,1-11H3/b35-24+,37-25+/t34-,36-,38-,41?,42?,45-/m1/s1. The summed E-state index contributed by atoms with van der Waals surface area (Å²) in [4.78, 5) is 11.2. The highest BCUT2D eigenvalue weighted by Crippen LogP contribution is 2.61. The van der Waals surface area contributed by atoms with Crippen molar-refractivity contribution in [3.8, 4) is 0 Å². The van der Waals surface area contributed by atoms with E-state index in [4.69, 9.17) is 4.43 Å². The Morgan fingerprint density at radius 2 is 1.51 bits per heavy atom. The Kier molecular flexibility index (Phi) is 12.2. The predicted molar refractivity (Wildman–Crippen MR) is 226 cm³/mol. The van der Waals surface area contributed by atoms with Crippen LogP contribution < -0.4 is 10.6 Å². The van der Waals surface area contributed by atoms with Crippen LogP contribution in [0.15, 0.2) is 84.0 Å². The minimum absolute atomic E-state index is 0.0359. The van der Waals surface area contributed by atoms with Gasteiger partial charge in [-0.2, -0.15) is 0 Å². The van der Waals surface area contributed by atoms with E-state index in [1.54, 1.807) is 5.57 Å². The van der Waals surface area contributed by atoms with Crippen LogP contribution in [0.5, 0.6) is 0 Å². The summed E-state index contributed by atoms with van der Waals surface area (Å²) in [6.07, 6.45) is 16.5. The van der Waals surface area contributed by atoms with Gasteiger partial charge in [-0.15, -0.1) is 0 Å². The molecule has 1 N–H and O–H groups in total. The quantitative estimate of drug-likeness (QED) is 0.184. The van der Waals surface area contributed by atoms with Crippen LogP contribution in [0.2, 0.25) is 36.3 Å². The van der Waals surface area contributed by atoms with Gasteiger partial charge in [0.25, 0.3) is 0 Å². The molecule has 3 saturated carbocycles. The lowest BCUT2D eigenvalue weighted by Gasteiger charge is -2.45. The normalized spacial score (nSPS) is 28.9. The van der Waals surface area contributed by atoms with Gasteiger partial charge < -0.3 is 13.8 Å². The van der Waals surface area contributed by atoms with Crippen molar-refractivity contribution >= 4 is 34.4 Å². The maximum absolute atomic E-state index is 15.1. The predicted octanol–water partition coefficient (Wildman–Crippen LogP) is 12.3. The Morgan fingerprint density at radius 1 is 0.922 bits per heavy atom. The molecule has 0 spiro atoms. The SMILES string of the molecule is C[C@H](CP(=O)(c1ccccc1)c1ccccc1)C1CCC2/C(=C/C=C3\C[C@@H](CC(C)(C)[Si](C)(C)O)C[C@H](O[Si](C)(C)C(C)(C)C)C3)CCC[C@@]21C. The Hall–Kier alpha value is -1.50. The van der Waals surface area contributed by atoms with Crippen molar-refractivity contribution in [3.05, 3.63) is 84.0 Å². The first kappa shape index (κ1) is 40.7. The Bertz CT molecular complexity index is 1500. The van der Waals surface area contributed by atoms with Crippen LogP contribution in [-0.2, 0) is 8.99 Å². The molecule has 0 aromatic heterocycles. The summed E-state index contributed by atoms with van der Waals surface area (Å²) in [5.41, 5.74) is 3.43. The highest BCUT2D eigenvalue weighted by atomic mass is 31.2. The molecule has 3 fully saturated rings. The summed E-state index contributed by atoms with van der Waals surface area (Å²) in [6, 6.07) is 20.6. The largest absolute Gasteiger partial charge is 0.432 e. The van der Waals surface area contributed by atoms with E-state index in [0.29, 0.717) is 23.7 Å². The number of hydrogen-bond donors (Lipinski definition) is 1. The van der Waals surface area contributed by atoms with E-state index < -0.39 is 23.8 Å². The Labute approximate surface area is 314 Å². The molecule has 0 bridgehead atoms. The molecule has 6 atom stereocenters. The third-order valence-electron chi connectivity index (χ3n) is 14.5. The van der Waals surface area contributed by atoms with Gasteiger partial charge in [-0.3, -0.25) is 0 Å². The van der Waals surface area contributed by atoms with Gasteiger partial charge in [-0.05, 0) is 123 Å². The van der Waals surface area contributed by atoms with Crippen LogP contribution in [-0.4, -0.2) is 33.7 Å². The monoisotopic (exact) mass is 746 g/mol. The first-order valence-electron chi connectivity index (χ1n) is 20.2. The van der Waals surface area contributed by atoms with Crippen molar-refractivity contribution in [1.29, 1.82) is 0 Å². The summed E-state index contributed by atoms with van der Waals surface area (Å²) in [7, 11) is -6.99. The number of rotatable bonds is 11. The van der Waals surface area contributed by atoms with Crippen LogP contribution in [0.3, 0.4) is 0 Å². The lowest BCUT2D eigenvalue weighted by atomic mass is 9.61. The maximum Gasteiger partial charge on any atom is 0.192 e.